The summed E-state index contributed by atoms with van der Waals surface area (Å²) in [5.41, 5.74) is 2.74. The van der Waals surface area contributed by atoms with Gasteiger partial charge in [-0.3, -0.25) is 9.89 Å². The first kappa shape index (κ1) is 17.3. The number of nitrogens with zero attached hydrogens (tertiary/aromatic N) is 2. The van der Waals surface area contributed by atoms with Crippen LogP contribution in [0.25, 0.3) is 11.4 Å². The highest BCUT2D eigenvalue weighted by Gasteiger charge is 2.51. The van der Waals surface area contributed by atoms with Crippen LogP contribution in [0.4, 0.5) is 0 Å². The number of aromatic amines is 1. The summed E-state index contributed by atoms with van der Waals surface area (Å²) in [6, 6.07) is 15.8. The van der Waals surface area contributed by atoms with Crippen LogP contribution in [-0.4, -0.2) is 28.2 Å². The number of ether oxygens (including phenoxy) is 1. The molecule has 2 aromatic carbocycles. The summed E-state index contributed by atoms with van der Waals surface area (Å²) in [6.07, 6.45) is 1.71. The summed E-state index contributed by atoms with van der Waals surface area (Å²) in [7, 11) is 1.64. The molecule has 0 bridgehead atoms. The summed E-state index contributed by atoms with van der Waals surface area (Å²) in [5.74, 6) is 2.10. The van der Waals surface area contributed by atoms with Crippen molar-refractivity contribution in [1.82, 2.24) is 20.5 Å². The fourth-order valence-electron chi connectivity index (χ4n) is 3.22. The largest absolute Gasteiger partial charge is 0.497 e. The molecule has 138 valence electrons. The molecule has 1 aliphatic rings. The summed E-state index contributed by atoms with van der Waals surface area (Å²) < 4.78 is 5.19. The molecular formula is C21H22N4O2. The lowest BCUT2D eigenvalue weighted by molar-refractivity contribution is -0.123. The number of carbonyl (C=O) groups is 1. The van der Waals surface area contributed by atoms with E-state index in [1.54, 1.807) is 7.11 Å². The van der Waals surface area contributed by atoms with E-state index < -0.39 is 5.41 Å². The minimum Gasteiger partial charge on any atom is -0.497 e. The topological polar surface area (TPSA) is 79.9 Å². The molecule has 0 radical (unpaired) electrons. The third-order valence-electron chi connectivity index (χ3n) is 5.09. The van der Waals surface area contributed by atoms with Crippen LogP contribution in [0, 0.1) is 6.92 Å². The Bertz CT molecular complexity index is 941. The SMILES string of the molecule is COc1ccc(C2(C(=O)NCc3nc(-c4ccc(C)cc4)n[nH]3)CC2)cc1. The number of aryl methyl sites for hydroxylation is 1. The van der Waals surface area contributed by atoms with Gasteiger partial charge in [-0.25, -0.2) is 4.98 Å². The van der Waals surface area contributed by atoms with Gasteiger partial charge in [0.1, 0.15) is 11.6 Å². The molecule has 0 spiro atoms. The normalized spacial score (nSPS) is 14.6. The Morgan fingerprint density at radius 3 is 2.48 bits per heavy atom. The van der Waals surface area contributed by atoms with Crippen molar-refractivity contribution < 1.29 is 9.53 Å². The number of rotatable bonds is 6. The Hall–Kier alpha value is -3.15. The number of hydrogen-bond donors (Lipinski definition) is 2. The molecule has 2 N–H and O–H groups in total. The Labute approximate surface area is 158 Å². The van der Waals surface area contributed by atoms with Gasteiger partial charge >= 0.3 is 0 Å². The maximum absolute atomic E-state index is 12.8. The molecule has 4 rings (SSSR count). The van der Waals surface area contributed by atoms with E-state index in [9.17, 15) is 4.79 Å². The van der Waals surface area contributed by atoms with Gasteiger partial charge in [0.2, 0.25) is 5.91 Å². The molecule has 0 aliphatic heterocycles. The lowest BCUT2D eigenvalue weighted by Gasteiger charge is -2.15. The quantitative estimate of drug-likeness (QED) is 0.706. The Morgan fingerprint density at radius 1 is 1.15 bits per heavy atom. The first-order chi connectivity index (χ1) is 13.1. The lowest BCUT2D eigenvalue weighted by atomic mass is 9.95. The Kier molecular flexibility index (Phi) is 4.39. The molecule has 3 aromatic rings. The van der Waals surface area contributed by atoms with Crippen molar-refractivity contribution in [1.29, 1.82) is 0 Å². The van der Waals surface area contributed by atoms with E-state index in [2.05, 4.69) is 20.5 Å². The highest BCUT2D eigenvalue weighted by molar-refractivity contribution is 5.91. The van der Waals surface area contributed by atoms with E-state index in [0.29, 0.717) is 18.2 Å². The number of hydrogen-bond acceptors (Lipinski definition) is 4. The second-order valence-electron chi connectivity index (χ2n) is 6.97. The van der Waals surface area contributed by atoms with E-state index in [1.807, 2.05) is 55.5 Å². The molecule has 0 saturated heterocycles. The third kappa shape index (κ3) is 3.43. The van der Waals surface area contributed by atoms with E-state index >= 15 is 0 Å². The Balaban J connectivity index is 1.41. The number of H-pyrrole nitrogens is 1. The van der Waals surface area contributed by atoms with E-state index in [-0.39, 0.29) is 5.91 Å². The number of nitrogens with one attached hydrogen (secondary N) is 2. The standard InChI is InChI=1S/C21H22N4O2/c1-14-3-5-15(6-4-14)19-23-18(24-25-19)13-22-20(26)21(11-12-21)16-7-9-17(27-2)10-8-16/h3-10H,11-13H2,1-2H3,(H,22,26)(H,23,24,25). The molecule has 6 nitrogen and oxygen atoms in total. The van der Waals surface area contributed by atoms with Crippen LogP contribution >= 0.6 is 0 Å². The van der Waals surface area contributed by atoms with Gasteiger partial charge < -0.3 is 10.1 Å². The summed E-state index contributed by atoms with van der Waals surface area (Å²) in [5, 5.41) is 10.2. The summed E-state index contributed by atoms with van der Waals surface area (Å²) >= 11 is 0. The van der Waals surface area contributed by atoms with Crippen molar-refractivity contribution in [2.45, 2.75) is 31.7 Å². The van der Waals surface area contributed by atoms with Crippen molar-refractivity contribution in [3.63, 3.8) is 0 Å². The molecule has 1 heterocycles. The summed E-state index contributed by atoms with van der Waals surface area (Å²) in [6.45, 7) is 2.37. The predicted molar refractivity (Wildman–Crippen MR) is 102 cm³/mol. The number of amides is 1. The predicted octanol–water partition coefficient (Wildman–Crippen LogP) is 3.14. The number of benzene rings is 2. The number of methoxy groups -OCH3 is 1. The molecule has 1 aliphatic carbocycles. The maximum Gasteiger partial charge on any atom is 0.231 e. The molecule has 0 atom stereocenters. The highest BCUT2D eigenvalue weighted by Crippen LogP contribution is 2.48. The molecule has 1 saturated carbocycles. The van der Waals surface area contributed by atoms with Crippen molar-refractivity contribution in [3.8, 4) is 17.1 Å². The maximum atomic E-state index is 12.8. The fourth-order valence-corrected chi connectivity index (χ4v) is 3.22. The zero-order chi connectivity index (χ0) is 18.9. The van der Waals surface area contributed by atoms with Gasteiger partial charge in [0.15, 0.2) is 5.82 Å². The monoisotopic (exact) mass is 362 g/mol. The van der Waals surface area contributed by atoms with Crippen LogP contribution in [0.3, 0.4) is 0 Å². The number of aromatic nitrogens is 3. The zero-order valence-electron chi connectivity index (χ0n) is 15.5. The minimum atomic E-state index is -0.425. The van der Waals surface area contributed by atoms with E-state index in [0.717, 1.165) is 29.7 Å². The molecule has 6 heteroatoms. The average molecular weight is 362 g/mol. The van der Waals surface area contributed by atoms with Crippen LogP contribution in [0.1, 0.15) is 29.8 Å². The first-order valence-electron chi connectivity index (χ1n) is 9.02. The van der Waals surface area contributed by atoms with Crippen molar-refractivity contribution in [3.05, 3.63) is 65.5 Å². The van der Waals surface area contributed by atoms with E-state index in [4.69, 9.17) is 4.74 Å². The second-order valence-corrected chi connectivity index (χ2v) is 6.97. The van der Waals surface area contributed by atoms with Gasteiger partial charge in [-0.2, -0.15) is 5.10 Å². The van der Waals surface area contributed by atoms with Gasteiger partial charge in [0, 0.05) is 5.56 Å². The first-order valence-corrected chi connectivity index (χ1v) is 9.02. The van der Waals surface area contributed by atoms with Gasteiger partial charge in [-0.1, -0.05) is 42.0 Å². The molecule has 1 fully saturated rings. The zero-order valence-corrected chi connectivity index (χ0v) is 15.5. The molecule has 1 amide bonds. The van der Waals surface area contributed by atoms with Crippen LogP contribution < -0.4 is 10.1 Å². The fraction of sp³-hybridized carbons (Fsp3) is 0.286. The van der Waals surface area contributed by atoms with Crippen LogP contribution in [-0.2, 0) is 16.8 Å². The van der Waals surface area contributed by atoms with Crippen molar-refractivity contribution in [2.24, 2.45) is 0 Å². The highest BCUT2D eigenvalue weighted by atomic mass is 16.5. The van der Waals surface area contributed by atoms with Gasteiger partial charge in [-0.05, 0) is 37.5 Å². The van der Waals surface area contributed by atoms with Crippen LogP contribution in [0.2, 0.25) is 0 Å². The average Bonchev–Trinajstić information content (AvgIpc) is 3.38. The molecular weight excluding hydrogens is 340 g/mol. The minimum absolute atomic E-state index is 0.0287. The lowest BCUT2D eigenvalue weighted by Crippen LogP contribution is -2.34. The van der Waals surface area contributed by atoms with Gasteiger partial charge in [-0.15, -0.1) is 0 Å². The van der Waals surface area contributed by atoms with Crippen LogP contribution in [0.15, 0.2) is 48.5 Å². The van der Waals surface area contributed by atoms with E-state index in [1.165, 1.54) is 5.56 Å². The Morgan fingerprint density at radius 2 is 1.85 bits per heavy atom. The van der Waals surface area contributed by atoms with Crippen molar-refractivity contribution in [2.75, 3.05) is 7.11 Å². The summed E-state index contributed by atoms with van der Waals surface area (Å²) in [4.78, 5) is 17.2. The molecule has 0 unspecified atom stereocenters. The van der Waals surface area contributed by atoms with Gasteiger partial charge in [0.05, 0.1) is 19.1 Å². The molecule has 1 aromatic heterocycles. The second kappa shape index (κ2) is 6.87. The number of carbonyl (C=O) groups excluding carboxylic acids is 1. The van der Waals surface area contributed by atoms with Crippen LogP contribution in [0.5, 0.6) is 5.75 Å². The molecule has 27 heavy (non-hydrogen) atoms. The van der Waals surface area contributed by atoms with Crippen molar-refractivity contribution >= 4 is 5.91 Å². The smallest absolute Gasteiger partial charge is 0.231 e. The third-order valence-corrected chi connectivity index (χ3v) is 5.09. The van der Waals surface area contributed by atoms with Gasteiger partial charge in [0.25, 0.3) is 0 Å².